The number of hydrogen-bond donors (Lipinski definition) is 1. The van der Waals surface area contributed by atoms with E-state index >= 15 is 0 Å². The standard InChI is InChI=1S/C13H27N3OS/c1-10(13(2,3)4)16(6)9-12(17)15(5)8-7-11(14)18/h10H,7-9H2,1-6H3,(H2,14,18). The Morgan fingerprint density at radius 3 is 2.22 bits per heavy atom. The van der Waals surface area contributed by atoms with Gasteiger partial charge in [-0.1, -0.05) is 33.0 Å². The van der Waals surface area contributed by atoms with Gasteiger partial charge in [-0.25, -0.2) is 0 Å². The third-order valence-electron chi connectivity index (χ3n) is 3.42. The minimum atomic E-state index is 0.102. The number of hydrogen-bond acceptors (Lipinski definition) is 3. The van der Waals surface area contributed by atoms with Crippen molar-refractivity contribution in [3.05, 3.63) is 0 Å². The van der Waals surface area contributed by atoms with Gasteiger partial charge in [-0.05, 0) is 19.4 Å². The average Bonchev–Trinajstić information content (AvgIpc) is 2.22. The molecule has 0 bridgehead atoms. The Kier molecular flexibility index (Phi) is 6.78. The van der Waals surface area contributed by atoms with Crippen LogP contribution in [-0.4, -0.2) is 53.9 Å². The molecule has 106 valence electrons. The number of amides is 1. The molecule has 0 spiro atoms. The lowest BCUT2D eigenvalue weighted by Crippen LogP contribution is -2.45. The Morgan fingerprint density at radius 1 is 1.33 bits per heavy atom. The van der Waals surface area contributed by atoms with Crippen molar-refractivity contribution in [2.45, 2.75) is 40.2 Å². The number of rotatable bonds is 6. The van der Waals surface area contributed by atoms with Gasteiger partial charge in [0, 0.05) is 26.1 Å². The van der Waals surface area contributed by atoms with Crippen molar-refractivity contribution in [2.75, 3.05) is 27.2 Å². The average molecular weight is 273 g/mol. The van der Waals surface area contributed by atoms with Crippen molar-refractivity contribution in [3.8, 4) is 0 Å². The first kappa shape index (κ1) is 17.3. The van der Waals surface area contributed by atoms with Crippen LogP contribution in [-0.2, 0) is 4.79 Å². The van der Waals surface area contributed by atoms with Crippen LogP contribution >= 0.6 is 12.2 Å². The van der Waals surface area contributed by atoms with E-state index in [2.05, 4.69) is 32.6 Å². The molecular formula is C13H27N3OS. The molecule has 0 radical (unpaired) electrons. The fourth-order valence-corrected chi connectivity index (χ4v) is 1.63. The van der Waals surface area contributed by atoms with Crippen LogP contribution in [0.15, 0.2) is 0 Å². The maximum absolute atomic E-state index is 12.0. The Bertz CT molecular complexity index is 299. The summed E-state index contributed by atoms with van der Waals surface area (Å²) in [5.41, 5.74) is 5.59. The second kappa shape index (κ2) is 7.04. The first-order valence-electron chi connectivity index (χ1n) is 6.28. The van der Waals surface area contributed by atoms with E-state index in [0.29, 0.717) is 30.5 Å². The summed E-state index contributed by atoms with van der Waals surface area (Å²) in [4.78, 5) is 16.2. The largest absolute Gasteiger partial charge is 0.393 e. The monoisotopic (exact) mass is 273 g/mol. The molecule has 0 saturated carbocycles. The number of thiocarbonyl (C=S) groups is 1. The van der Waals surface area contributed by atoms with Gasteiger partial charge in [-0.3, -0.25) is 9.69 Å². The minimum Gasteiger partial charge on any atom is -0.393 e. The molecule has 5 heteroatoms. The van der Waals surface area contributed by atoms with Crippen LogP contribution in [0.2, 0.25) is 0 Å². The topological polar surface area (TPSA) is 49.6 Å². The zero-order chi connectivity index (χ0) is 14.5. The Balaban J connectivity index is 4.26. The van der Waals surface area contributed by atoms with Gasteiger partial charge in [0.2, 0.25) is 5.91 Å². The summed E-state index contributed by atoms with van der Waals surface area (Å²) in [6.07, 6.45) is 0.579. The molecule has 0 fully saturated rings. The van der Waals surface area contributed by atoms with Crippen molar-refractivity contribution in [3.63, 3.8) is 0 Å². The highest BCUT2D eigenvalue weighted by molar-refractivity contribution is 7.80. The molecule has 1 atom stereocenters. The van der Waals surface area contributed by atoms with Crippen LogP contribution in [0.3, 0.4) is 0 Å². The van der Waals surface area contributed by atoms with Gasteiger partial charge in [-0.2, -0.15) is 0 Å². The van der Waals surface area contributed by atoms with E-state index in [4.69, 9.17) is 18.0 Å². The van der Waals surface area contributed by atoms with Crippen LogP contribution in [0, 0.1) is 5.41 Å². The summed E-state index contributed by atoms with van der Waals surface area (Å²) < 4.78 is 0. The van der Waals surface area contributed by atoms with Crippen molar-refractivity contribution in [1.82, 2.24) is 9.80 Å². The third-order valence-corrected chi connectivity index (χ3v) is 3.62. The molecule has 0 aliphatic heterocycles. The number of nitrogens with zero attached hydrogens (tertiary/aromatic N) is 2. The second-order valence-corrected chi connectivity index (χ2v) is 6.51. The normalized spacial score (nSPS) is 13.5. The van der Waals surface area contributed by atoms with Crippen molar-refractivity contribution < 1.29 is 4.79 Å². The summed E-state index contributed by atoms with van der Waals surface area (Å²) in [5, 5.41) is 0. The summed E-state index contributed by atoms with van der Waals surface area (Å²) in [6.45, 7) is 9.68. The molecule has 0 aliphatic carbocycles. The van der Waals surface area contributed by atoms with Crippen molar-refractivity contribution >= 4 is 23.1 Å². The van der Waals surface area contributed by atoms with Crippen molar-refractivity contribution in [2.24, 2.45) is 11.1 Å². The van der Waals surface area contributed by atoms with Crippen LogP contribution in [0.5, 0.6) is 0 Å². The predicted octanol–water partition coefficient (Wildman–Crippen LogP) is 1.49. The van der Waals surface area contributed by atoms with E-state index in [-0.39, 0.29) is 11.3 Å². The molecular weight excluding hydrogens is 246 g/mol. The van der Waals surface area contributed by atoms with Crippen LogP contribution < -0.4 is 5.73 Å². The third kappa shape index (κ3) is 6.31. The van der Waals surface area contributed by atoms with Crippen LogP contribution in [0.1, 0.15) is 34.1 Å². The highest BCUT2D eigenvalue weighted by Crippen LogP contribution is 2.22. The molecule has 2 N–H and O–H groups in total. The highest BCUT2D eigenvalue weighted by Gasteiger charge is 2.25. The SMILES string of the molecule is CC(N(C)CC(=O)N(C)CCC(N)=S)C(C)(C)C. The highest BCUT2D eigenvalue weighted by atomic mass is 32.1. The fraction of sp³-hybridized carbons (Fsp3) is 0.846. The van der Waals surface area contributed by atoms with Gasteiger partial charge in [-0.15, -0.1) is 0 Å². The second-order valence-electron chi connectivity index (χ2n) is 5.99. The Labute approximate surface area is 116 Å². The van der Waals surface area contributed by atoms with Crippen molar-refractivity contribution in [1.29, 1.82) is 0 Å². The Hall–Kier alpha value is -0.680. The van der Waals surface area contributed by atoms with Crippen LogP contribution in [0.25, 0.3) is 0 Å². The lowest BCUT2D eigenvalue weighted by atomic mass is 9.87. The fourth-order valence-electron chi connectivity index (χ4n) is 1.53. The molecule has 18 heavy (non-hydrogen) atoms. The summed E-state index contributed by atoms with van der Waals surface area (Å²) in [7, 11) is 3.77. The van der Waals surface area contributed by atoms with Crippen LogP contribution in [0.4, 0.5) is 0 Å². The molecule has 0 heterocycles. The summed E-state index contributed by atoms with van der Waals surface area (Å²) in [5.74, 6) is 0.102. The zero-order valence-corrected chi connectivity index (χ0v) is 13.3. The predicted molar refractivity (Wildman–Crippen MR) is 80.6 cm³/mol. The number of likely N-dealkylation sites (N-methyl/N-ethyl adjacent to an activating group) is 2. The molecule has 4 nitrogen and oxygen atoms in total. The lowest BCUT2D eigenvalue weighted by molar-refractivity contribution is -0.131. The zero-order valence-electron chi connectivity index (χ0n) is 12.5. The maximum Gasteiger partial charge on any atom is 0.236 e. The molecule has 1 amide bonds. The van der Waals surface area contributed by atoms with Gasteiger partial charge in [0.15, 0.2) is 0 Å². The minimum absolute atomic E-state index is 0.102. The number of carbonyl (C=O) groups is 1. The van der Waals surface area contributed by atoms with Gasteiger partial charge in [0.25, 0.3) is 0 Å². The van der Waals surface area contributed by atoms with Gasteiger partial charge < -0.3 is 10.6 Å². The smallest absolute Gasteiger partial charge is 0.236 e. The molecule has 0 aromatic heterocycles. The number of carbonyl (C=O) groups excluding carboxylic acids is 1. The number of nitrogens with two attached hydrogens (primary N) is 1. The van der Waals surface area contributed by atoms with E-state index in [1.807, 2.05) is 7.05 Å². The van der Waals surface area contributed by atoms with Gasteiger partial charge >= 0.3 is 0 Å². The van der Waals surface area contributed by atoms with Gasteiger partial charge in [0.05, 0.1) is 11.5 Å². The first-order chi connectivity index (χ1) is 8.05. The van der Waals surface area contributed by atoms with E-state index in [1.54, 1.807) is 11.9 Å². The molecule has 1 unspecified atom stereocenters. The molecule has 0 saturated heterocycles. The quantitative estimate of drug-likeness (QED) is 0.745. The summed E-state index contributed by atoms with van der Waals surface area (Å²) >= 11 is 4.81. The first-order valence-corrected chi connectivity index (χ1v) is 6.69. The maximum atomic E-state index is 12.0. The van der Waals surface area contributed by atoms with E-state index in [9.17, 15) is 4.79 Å². The molecule has 0 aromatic rings. The summed E-state index contributed by atoms with van der Waals surface area (Å²) in [6, 6.07) is 0.338. The molecule has 0 aromatic carbocycles. The van der Waals surface area contributed by atoms with Gasteiger partial charge in [0.1, 0.15) is 0 Å². The molecule has 0 aliphatic rings. The van der Waals surface area contributed by atoms with E-state index < -0.39 is 0 Å². The lowest BCUT2D eigenvalue weighted by Gasteiger charge is -2.35. The molecule has 0 rings (SSSR count). The Morgan fingerprint density at radius 2 is 1.83 bits per heavy atom. The van der Waals surface area contributed by atoms with E-state index in [0.717, 1.165) is 0 Å². The van der Waals surface area contributed by atoms with E-state index in [1.165, 1.54) is 0 Å².